The van der Waals surface area contributed by atoms with E-state index >= 15 is 0 Å². The third kappa shape index (κ3) is 5.07. The van der Waals surface area contributed by atoms with E-state index in [4.69, 9.17) is 0 Å². The molecule has 0 saturated carbocycles. The van der Waals surface area contributed by atoms with Gasteiger partial charge in [0, 0.05) is 30.7 Å². The summed E-state index contributed by atoms with van der Waals surface area (Å²) in [6, 6.07) is 7.41. The molecule has 1 aliphatic heterocycles. The molecule has 1 unspecified atom stereocenters. The molecule has 6 nitrogen and oxygen atoms in total. The summed E-state index contributed by atoms with van der Waals surface area (Å²) in [6.07, 6.45) is 1.59. The summed E-state index contributed by atoms with van der Waals surface area (Å²) in [5, 5.41) is 5.70. The summed E-state index contributed by atoms with van der Waals surface area (Å²) >= 11 is 0. The fourth-order valence-electron chi connectivity index (χ4n) is 3.08. The van der Waals surface area contributed by atoms with Gasteiger partial charge in [0.1, 0.15) is 0 Å². The highest BCUT2D eigenvalue weighted by molar-refractivity contribution is 6.39. The number of hydrogen-bond acceptors (Lipinski definition) is 3. The summed E-state index contributed by atoms with van der Waals surface area (Å²) < 4.78 is 0. The first-order chi connectivity index (χ1) is 12.3. The quantitative estimate of drug-likeness (QED) is 0.811. The molecule has 2 rings (SSSR count). The van der Waals surface area contributed by atoms with E-state index in [1.165, 1.54) is 4.90 Å². The van der Waals surface area contributed by atoms with Gasteiger partial charge in [-0.05, 0) is 30.4 Å². The molecule has 3 amide bonds. The minimum Gasteiger partial charge on any atom is -0.351 e. The molecule has 1 heterocycles. The molecule has 1 saturated heterocycles. The van der Waals surface area contributed by atoms with Crippen molar-refractivity contribution < 1.29 is 14.4 Å². The molecular formula is C20H29N3O3. The molecule has 6 heteroatoms. The van der Waals surface area contributed by atoms with Gasteiger partial charge in [0.2, 0.25) is 5.91 Å². The number of para-hydroxylation sites is 1. The number of amides is 3. The second-order valence-corrected chi connectivity index (χ2v) is 7.45. The van der Waals surface area contributed by atoms with Crippen LogP contribution >= 0.6 is 0 Å². The molecule has 1 fully saturated rings. The van der Waals surface area contributed by atoms with Crippen LogP contribution in [0.25, 0.3) is 0 Å². The maximum Gasteiger partial charge on any atom is 0.313 e. The summed E-state index contributed by atoms with van der Waals surface area (Å²) in [7, 11) is 0. The van der Waals surface area contributed by atoms with Gasteiger partial charge in [0.25, 0.3) is 0 Å². The molecule has 0 spiro atoms. The Bertz CT molecular complexity index is 670. The predicted octanol–water partition coefficient (Wildman–Crippen LogP) is 2.51. The number of carbonyl (C=O) groups excluding carboxylic acids is 3. The number of nitrogens with zero attached hydrogens (tertiary/aromatic N) is 1. The summed E-state index contributed by atoms with van der Waals surface area (Å²) in [5.74, 6) is -1.07. The van der Waals surface area contributed by atoms with Crippen LogP contribution in [0.4, 0.5) is 5.69 Å². The maximum atomic E-state index is 12.5. The van der Waals surface area contributed by atoms with E-state index in [-0.39, 0.29) is 23.8 Å². The molecule has 0 aliphatic carbocycles. The average Bonchev–Trinajstić information content (AvgIpc) is 2.61. The first-order valence-electron chi connectivity index (χ1n) is 9.29. The molecule has 1 aliphatic rings. The summed E-state index contributed by atoms with van der Waals surface area (Å²) in [4.78, 5) is 38.4. The number of anilines is 1. The zero-order valence-electron chi connectivity index (χ0n) is 16.0. The number of hydrogen-bond donors (Lipinski definition) is 2. The molecule has 0 bridgehead atoms. The van der Waals surface area contributed by atoms with Crippen molar-refractivity contribution in [1.29, 1.82) is 0 Å². The van der Waals surface area contributed by atoms with Crippen LogP contribution in [0.5, 0.6) is 0 Å². The fraction of sp³-hybridized carbons (Fsp3) is 0.550. The van der Waals surface area contributed by atoms with Gasteiger partial charge in [-0.2, -0.15) is 0 Å². The van der Waals surface area contributed by atoms with Gasteiger partial charge in [-0.1, -0.05) is 45.9 Å². The largest absolute Gasteiger partial charge is 0.351 e. The van der Waals surface area contributed by atoms with E-state index < -0.39 is 11.8 Å². The number of piperidine rings is 1. The van der Waals surface area contributed by atoms with Crippen LogP contribution in [-0.4, -0.2) is 41.8 Å². The smallest absolute Gasteiger partial charge is 0.313 e. The Hall–Kier alpha value is -2.37. The first kappa shape index (κ1) is 19.9. The summed E-state index contributed by atoms with van der Waals surface area (Å²) in [5.41, 5.74) is 1.66. The lowest BCUT2D eigenvalue weighted by Gasteiger charge is -2.33. The third-order valence-corrected chi connectivity index (χ3v) is 4.60. The van der Waals surface area contributed by atoms with Crippen LogP contribution in [-0.2, 0) is 14.4 Å². The number of likely N-dealkylation sites (tertiary alicyclic amines) is 1. The monoisotopic (exact) mass is 359 g/mol. The molecule has 2 N–H and O–H groups in total. The Morgan fingerprint density at radius 2 is 1.81 bits per heavy atom. The standard InChI is InChI=1S/C20H29N3O3/c1-13(2)16-9-5-6-10-17(16)22-19(25)20(26)23-11-7-8-15(12-23)21-18(24)14(3)4/h5-6,9-10,13-15H,7-8,11-12H2,1-4H3,(H,21,24)(H,22,25). The molecule has 0 aromatic heterocycles. The lowest BCUT2D eigenvalue weighted by molar-refractivity contribution is -0.144. The summed E-state index contributed by atoms with van der Waals surface area (Å²) in [6.45, 7) is 8.66. The zero-order valence-corrected chi connectivity index (χ0v) is 16.0. The molecule has 0 radical (unpaired) electrons. The number of rotatable bonds is 4. The number of benzene rings is 1. The first-order valence-corrected chi connectivity index (χ1v) is 9.29. The Labute approximate surface area is 155 Å². The van der Waals surface area contributed by atoms with E-state index in [9.17, 15) is 14.4 Å². The molecule has 26 heavy (non-hydrogen) atoms. The van der Waals surface area contributed by atoms with E-state index in [1.807, 2.05) is 52.0 Å². The van der Waals surface area contributed by atoms with Crippen molar-refractivity contribution in [2.24, 2.45) is 5.92 Å². The minimum absolute atomic E-state index is 0.0281. The topological polar surface area (TPSA) is 78.5 Å². The molecular weight excluding hydrogens is 330 g/mol. The van der Waals surface area contributed by atoms with Crippen molar-refractivity contribution in [1.82, 2.24) is 10.2 Å². The van der Waals surface area contributed by atoms with Crippen LogP contribution in [0.1, 0.15) is 52.0 Å². The average molecular weight is 359 g/mol. The van der Waals surface area contributed by atoms with E-state index in [2.05, 4.69) is 10.6 Å². The Morgan fingerprint density at radius 1 is 1.12 bits per heavy atom. The van der Waals surface area contributed by atoms with Gasteiger partial charge < -0.3 is 15.5 Å². The molecule has 1 aromatic rings. The van der Waals surface area contributed by atoms with Crippen molar-refractivity contribution in [3.05, 3.63) is 29.8 Å². The minimum atomic E-state index is -0.631. The van der Waals surface area contributed by atoms with Crippen LogP contribution in [0, 0.1) is 5.92 Å². The van der Waals surface area contributed by atoms with Gasteiger partial charge >= 0.3 is 11.8 Å². The Balaban J connectivity index is 1.99. The van der Waals surface area contributed by atoms with Gasteiger partial charge in [0.05, 0.1) is 0 Å². The third-order valence-electron chi connectivity index (χ3n) is 4.60. The second-order valence-electron chi connectivity index (χ2n) is 7.45. The number of nitrogens with one attached hydrogen (secondary N) is 2. The lowest BCUT2D eigenvalue weighted by Crippen LogP contribution is -2.52. The molecule has 1 aromatic carbocycles. The van der Waals surface area contributed by atoms with Crippen molar-refractivity contribution in [2.45, 2.75) is 52.5 Å². The predicted molar refractivity (Wildman–Crippen MR) is 102 cm³/mol. The van der Waals surface area contributed by atoms with Crippen molar-refractivity contribution in [2.75, 3.05) is 18.4 Å². The normalized spacial score (nSPS) is 17.3. The fourth-order valence-corrected chi connectivity index (χ4v) is 3.08. The lowest BCUT2D eigenvalue weighted by atomic mass is 10.0. The zero-order chi connectivity index (χ0) is 19.3. The van der Waals surface area contributed by atoms with Crippen LogP contribution in [0.15, 0.2) is 24.3 Å². The van der Waals surface area contributed by atoms with Crippen molar-refractivity contribution in [3.63, 3.8) is 0 Å². The Kier molecular flexibility index (Phi) is 6.77. The van der Waals surface area contributed by atoms with Gasteiger partial charge in [-0.15, -0.1) is 0 Å². The molecule has 1 atom stereocenters. The van der Waals surface area contributed by atoms with E-state index in [0.29, 0.717) is 18.8 Å². The van der Waals surface area contributed by atoms with Gasteiger partial charge in [0.15, 0.2) is 0 Å². The molecule has 142 valence electrons. The van der Waals surface area contributed by atoms with Crippen molar-refractivity contribution in [3.8, 4) is 0 Å². The highest BCUT2D eigenvalue weighted by Crippen LogP contribution is 2.23. The van der Waals surface area contributed by atoms with Crippen molar-refractivity contribution >= 4 is 23.4 Å². The van der Waals surface area contributed by atoms with Crippen LogP contribution < -0.4 is 10.6 Å². The van der Waals surface area contributed by atoms with Gasteiger partial charge in [-0.3, -0.25) is 14.4 Å². The van der Waals surface area contributed by atoms with E-state index in [0.717, 1.165) is 18.4 Å². The van der Waals surface area contributed by atoms with E-state index in [1.54, 1.807) is 0 Å². The highest BCUT2D eigenvalue weighted by Gasteiger charge is 2.29. The maximum absolute atomic E-state index is 12.5. The SMILES string of the molecule is CC(C)C(=O)NC1CCCN(C(=O)C(=O)Nc2ccccc2C(C)C)C1. The number of carbonyl (C=O) groups is 3. The van der Waals surface area contributed by atoms with Crippen LogP contribution in [0.2, 0.25) is 0 Å². The second kappa shape index (κ2) is 8.83. The Morgan fingerprint density at radius 3 is 2.46 bits per heavy atom. The van der Waals surface area contributed by atoms with Gasteiger partial charge in [-0.25, -0.2) is 0 Å². The van der Waals surface area contributed by atoms with Crippen LogP contribution in [0.3, 0.4) is 0 Å². The highest BCUT2D eigenvalue weighted by atomic mass is 16.2.